The molecule has 19 heavy (non-hydrogen) atoms. The van der Waals surface area contributed by atoms with Gasteiger partial charge in [0.05, 0.1) is 24.3 Å². The number of aliphatic hydroxyl groups excluding tert-OH is 1. The third-order valence-electron chi connectivity index (χ3n) is 3.01. The standard InChI is InChI=1S/C15H20N2O2/c1-3-8-17-11-16-9-13(17)10-19-15-7-5-4-6-14(15)12(2)18/h4-7,9,11-12,18H,3,8,10H2,1-2H3/t12-/m0/s1. The van der Waals surface area contributed by atoms with E-state index in [1.807, 2.05) is 36.8 Å². The number of para-hydroxylation sites is 1. The monoisotopic (exact) mass is 260 g/mol. The molecule has 4 heteroatoms. The molecule has 102 valence electrons. The van der Waals surface area contributed by atoms with Crippen molar-refractivity contribution in [3.05, 3.63) is 48.0 Å². The predicted molar refractivity (Wildman–Crippen MR) is 73.9 cm³/mol. The van der Waals surface area contributed by atoms with Crippen LogP contribution in [0.5, 0.6) is 5.75 Å². The van der Waals surface area contributed by atoms with Gasteiger partial charge in [-0.25, -0.2) is 4.98 Å². The Morgan fingerprint density at radius 1 is 1.37 bits per heavy atom. The highest BCUT2D eigenvalue weighted by molar-refractivity contribution is 5.34. The number of ether oxygens (including phenoxy) is 1. The van der Waals surface area contributed by atoms with Crippen molar-refractivity contribution in [2.45, 2.75) is 39.5 Å². The number of aryl methyl sites for hydroxylation is 1. The molecule has 0 bridgehead atoms. The SMILES string of the molecule is CCCn1cncc1COc1ccccc1[C@H](C)O. The number of hydrogen-bond donors (Lipinski definition) is 1. The van der Waals surface area contributed by atoms with Gasteiger partial charge in [0, 0.05) is 12.1 Å². The van der Waals surface area contributed by atoms with Crippen LogP contribution in [0.2, 0.25) is 0 Å². The van der Waals surface area contributed by atoms with Crippen LogP contribution < -0.4 is 4.74 Å². The van der Waals surface area contributed by atoms with Gasteiger partial charge in [-0.3, -0.25) is 0 Å². The Kier molecular flexibility index (Phi) is 4.58. The summed E-state index contributed by atoms with van der Waals surface area (Å²) in [5, 5.41) is 9.70. The van der Waals surface area contributed by atoms with Crippen molar-refractivity contribution in [3.63, 3.8) is 0 Å². The van der Waals surface area contributed by atoms with Crippen LogP contribution >= 0.6 is 0 Å². The summed E-state index contributed by atoms with van der Waals surface area (Å²) in [7, 11) is 0. The highest BCUT2D eigenvalue weighted by Crippen LogP contribution is 2.25. The van der Waals surface area contributed by atoms with Gasteiger partial charge in [0.15, 0.2) is 0 Å². The first kappa shape index (κ1) is 13.6. The van der Waals surface area contributed by atoms with Crippen LogP contribution in [-0.4, -0.2) is 14.7 Å². The van der Waals surface area contributed by atoms with E-state index in [1.54, 1.807) is 6.92 Å². The van der Waals surface area contributed by atoms with Gasteiger partial charge in [0.2, 0.25) is 0 Å². The first-order valence-electron chi connectivity index (χ1n) is 6.61. The van der Waals surface area contributed by atoms with Crippen LogP contribution in [0, 0.1) is 0 Å². The topological polar surface area (TPSA) is 47.3 Å². The molecule has 0 amide bonds. The van der Waals surface area contributed by atoms with Crippen LogP contribution in [0.4, 0.5) is 0 Å². The first-order chi connectivity index (χ1) is 9.22. The summed E-state index contributed by atoms with van der Waals surface area (Å²) >= 11 is 0. The maximum absolute atomic E-state index is 9.70. The van der Waals surface area contributed by atoms with E-state index in [0.717, 1.165) is 30.0 Å². The van der Waals surface area contributed by atoms with Crippen LogP contribution in [0.1, 0.15) is 37.6 Å². The van der Waals surface area contributed by atoms with Gasteiger partial charge in [0.25, 0.3) is 0 Å². The zero-order valence-corrected chi connectivity index (χ0v) is 11.4. The number of benzene rings is 1. The molecule has 2 rings (SSSR count). The van der Waals surface area contributed by atoms with E-state index in [1.165, 1.54) is 0 Å². The summed E-state index contributed by atoms with van der Waals surface area (Å²) < 4.78 is 7.90. The summed E-state index contributed by atoms with van der Waals surface area (Å²) in [5.41, 5.74) is 1.85. The minimum atomic E-state index is -0.531. The summed E-state index contributed by atoms with van der Waals surface area (Å²) in [4.78, 5) is 4.14. The second-order valence-corrected chi connectivity index (χ2v) is 4.58. The molecule has 0 radical (unpaired) electrons. The van der Waals surface area contributed by atoms with Crippen molar-refractivity contribution in [2.24, 2.45) is 0 Å². The third-order valence-corrected chi connectivity index (χ3v) is 3.01. The van der Waals surface area contributed by atoms with Crippen LogP contribution in [0.15, 0.2) is 36.8 Å². The molecule has 0 fully saturated rings. The molecule has 1 atom stereocenters. The van der Waals surface area contributed by atoms with E-state index >= 15 is 0 Å². The lowest BCUT2D eigenvalue weighted by Gasteiger charge is -2.14. The summed E-state index contributed by atoms with van der Waals surface area (Å²) in [6.45, 7) is 5.28. The van der Waals surface area contributed by atoms with Crippen molar-refractivity contribution in [3.8, 4) is 5.75 Å². The van der Waals surface area contributed by atoms with Gasteiger partial charge < -0.3 is 14.4 Å². The highest BCUT2D eigenvalue weighted by atomic mass is 16.5. The molecule has 0 unspecified atom stereocenters. The fraction of sp³-hybridized carbons (Fsp3) is 0.400. The Bertz CT molecular complexity index is 520. The molecule has 0 spiro atoms. The number of rotatable bonds is 6. The van der Waals surface area contributed by atoms with E-state index in [9.17, 15) is 5.11 Å². The number of aromatic nitrogens is 2. The van der Waals surface area contributed by atoms with E-state index in [0.29, 0.717) is 6.61 Å². The lowest BCUT2D eigenvalue weighted by Crippen LogP contribution is -2.06. The van der Waals surface area contributed by atoms with Gasteiger partial charge in [-0.15, -0.1) is 0 Å². The lowest BCUT2D eigenvalue weighted by molar-refractivity contribution is 0.189. The van der Waals surface area contributed by atoms with Crippen molar-refractivity contribution in [2.75, 3.05) is 0 Å². The first-order valence-corrected chi connectivity index (χ1v) is 6.61. The van der Waals surface area contributed by atoms with Crippen LogP contribution in [-0.2, 0) is 13.2 Å². The van der Waals surface area contributed by atoms with Crippen LogP contribution in [0.25, 0.3) is 0 Å². The van der Waals surface area contributed by atoms with Gasteiger partial charge in [-0.1, -0.05) is 25.1 Å². The molecule has 0 saturated heterocycles. The van der Waals surface area contributed by atoms with Crippen molar-refractivity contribution in [1.29, 1.82) is 0 Å². The second kappa shape index (κ2) is 6.38. The largest absolute Gasteiger partial charge is 0.487 e. The molecule has 4 nitrogen and oxygen atoms in total. The maximum atomic E-state index is 9.70. The molecule has 1 aromatic heterocycles. The van der Waals surface area contributed by atoms with E-state index in [-0.39, 0.29) is 0 Å². The van der Waals surface area contributed by atoms with E-state index in [4.69, 9.17) is 4.74 Å². The number of imidazole rings is 1. The molecule has 0 saturated carbocycles. The highest BCUT2D eigenvalue weighted by Gasteiger charge is 2.09. The minimum absolute atomic E-state index is 0.462. The smallest absolute Gasteiger partial charge is 0.130 e. The third kappa shape index (κ3) is 3.35. The van der Waals surface area contributed by atoms with Crippen LogP contribution in [0.3, 0.4) is 0 Å². The zero-order chi connectivity index (χ0) is 13.7. The van der Waals surface area contributed by atoms with Crippen molar-refractivity contribution in [1.82, 2.24) is 9.55 Å². The van der Waals surface area contributed by atoms with Gasteiger partial charge in [0.1, 0.15) is 12.4 Å². The Morgan fingerprint density at radius 2 is 2.16 bits per heavy atom. The molecular formula is C15H20N2O2. The fourth-order valence-corrected chi connectivity index (χ4v) is 2.02. The molecule has 0 aliphatic carbocycles. The average Bonchev–Trinajstić information content (AvgIpc) is 2.84. The van der Waals surface area contributed by atoms with E-state index < -0.39 is 6.10 Å². The Hall–Kier alpha value is -1.81. The molecule has 2 aromatic rings. The second-order valence-electron chi connectivity index (χ2n) is 4.58. The van der Waals surface area contributed by atoms with Gasteiger partial charge in [-0.2, -0.15) is 0 Å². The molecule has 0 aliphatic rings. The molecule has 0 aliphatic heterocycles. The van der Waals surface area contributed by atoms with Gasteiger partial charge >= 0.3 is 0 Å². The molecule has 1 N–H and O–H groups in total. The van der Waals surface area contributed by atoms with Crippen molar-refractivity contribution < 1.29 is 9.84 Å². The van der Waals surface area contributed by atoms with E-state index in [2.05, 4.69) is 16.5 Å². The zero-order valence-electron chi connectivity index (χ0n) is 11.4. The quantitative estimate of drug-likeness (QED) is 0.868. The summed E-state index contributed by atoms with van der Waals surface area (Å²) in [6, 6.07) is 7.56. The fourth-order valence-electron chi connectivity index (χ4n) is 2.02. The Morgan fingerprint density at radius 3 is 2.89 bits per heavy atom. The minimum Gasteiger partial charge on any atom is -0.487 e. The summed E-state index contributed by atoms with van der Waals surface area (Å²) in [6.07, 6.45) is 4.17. The Labute approximate surface area is 113 Å². The molecule has 1 aromatic carbocycles. The molecule has 1 heterocycles. The maximum Gasteiger partial charge on any atom is 0.130 e. The van der Waals surface area contributed by atoms with Gasteiger partial charge in [-0.05, 0) is 19.4 Å². The number of aliphatic hydroxyl groups is 1. The number of nitrogens with zero attached hydrogens (tertiary/aromatic N) is 2. The van der Waals surface area contributed by atoms with Crippen molar-refractivity contribution >= 4 is 0 Å². The number of hydrogen-bond acceptors (Lipinski definition) is 3. The Balaban J connectivity index is 2.08. The summed E-state index contributed by atoms with van der Waals surface area (Å²) in [5.74, 6) is 0.724. The lowest BCUT2D eigenvalue weighted by atomic mass is 10.1. The normalized spacial score (nSPS) is 12.4. The molecular weight excluding hydrogens is 240 g/mol. The average molecular weight is 260 g/mol. The predicted octanol–water partition coefficient (Wildman–Crippen LogP) is 2.93.